The second-order valence-electron chi connectivity index (χ2n) is 5.58. The summed E-state index contributed by atoms with van der Waals surface area (Å²) >= 11 is 0. The number of hydrogen-bond acceptors (Lipinski definition) is 3. The molecule has 94 valence electrons. The molecule has 2 rings (SSSR count). The van der Waals surface area contributed by atoms with Crippen LogP contribution in [0.4, 0.5) is 0 Å². The van der Waals surface area contributed by atoms with Gasteiger partial charge in [-0.1, -0.05) is 0 Å². The Morgan fingerprint density at radius 2 is 2.00 bits per heavy atom. The summed E-state index contributed by atoms with van der Waals surface area (Å²) in [7, 11) is 4.36. The molecule has 2 unspecified atom stereocenters. The van der Waals surface area contributed by atoms with Gasteiger partial charge in [0, 0.05) is 24.7 Å². The first kappa shape index (κ1) is 12.3. The summed E-state index contributed by atoms with van der Waals surface area (Å²) < 4.78 is 0. The largest absolute Gasteiger partial charge is 0.320 e. The van der Waals surface area contributed by atoms with Gasteiger partial charge in [0.25, 0.3) is 0 Å². The van der Waals surface area contributed by atoms with Gasteiger partial charge in [0.15, 0.2) is 0 Å². The summed E-state index contributed by atoms with van der Waals surface area (Å²) in [4.78, 5) is 5.33. The van der Waals surface area contributed by atoms with Gasteiger partial charge in [-0.05, 0) is 59.8 Å². The standard InChI is InChI=1S/C13H27N3/c1-11-7-9-16(12-4-5-12)10-13(15(11)3)6-8-14-2/h11-14H,4-10H2,1-3H3. The molecule has 2 fully saturated rings. The van der Waals surface area contributed by atoms with Crippen LogP contribution in [0.25, 0.3) is 0 Å². The maximum absolute atomic E-state index is 3.29. The molecule has 0 bridgehead atoms. The van der Waals surface area contributed by atoms with Crippen LogP contribution in [-0.2, 0) is 0 Å². The van der Waals surface area contributed by atoms with Gasteiger partial charge in [-0.15, -0.1) is 0 Å². The Balaban J connectivity index is 1.93. The summed E-state index contributed by atoms with van der Waals surface area (Å²) in [6.45, 7) is 6.11. The highest BCUT2D eigenvalue weighted by Crippen LogP contribution is 2.29. The normalized spacial score (nSPS) is 33.9. The molecule has 3 nitrogen and oxygen atoms in total. The lowest BCUT2D eigenvalue weighted by molar-refractivity contribution is 0.164. The first-order chi connectivity index (χ1) is 7.72. The molecule has 0 aromatic heterocycles. The van der Waals surface area contributed by atoms with E-state index in [1.54, 1.807) is 0 Å². The van der Waals surface area contributed by atoms with Crippen molar-refractivity contribution in [2.75, 3.05) is 33.7 Å². The van der Waals surface area contributed by atoms with Crippen molar-refractivity contribution in [3.05, 3.63) is 0 Å². The van der Waals surface area contributed by atoms with E-state index in [1.807, 2.05) is 0 Å². The fraction of sp³-hybridized carbons (Fsp3) is 1.00. The highest BCUT2D eigenvalue weighted by molar-refractivity contribution is 4.91. The molecule has 1 saturated heterocycles. The number of nitrogens with zero attached hydrogens (tertiary/aromatic N) is 2. The highest BCUT2D eigenvalue weighted by Gasteiger charge is 2.34. The quantitative estimate of drug-likeness (QED) is 0.774. The van der Waals surface area contributed by atoms with Crippen LogP contribution in [0, 0.1) is 0 Å². The average molecular weight is 225 g/mol. The minimum atomic E-state index is 0.741. The lowest BCUT2D eigenvalue weighted by atomic mass is 10.1. The molecule has 0 aromatic carbocycles. The lowest BCUT2D eigenvalue weighted by Crippen LogP contribution is -2.43. The fourth-order valence-corrected chi connectivity index (χ4v) is 2.78. The predicted molar refractivity (Wildman–Crippen MR) is 68.8 cm³/mol. The number of rotatable bonds is 4. The second kappa shape index (κ2) is 5.48. The van der Waals surface area contributed by atoms with Gasteiger partial charge >= 0.3 is 0 Å². The zero-order valence-electron chi connectivity index (χ0n) is 11.1. The highest BCUT2D eigenvalue weighted by atomic mass is 15.3. The zero-order chi connectivity index (χ0) is 11.5. The van der Waals surface area contributed by atoms with Crippen LogP contribution in [0.3, 0.4) is 0 Å². The minimum absolute atomic E-state index is 0.741. The van der Waals surface area contributed by atoms with E-state index in [9.17, 15) is 0 Å². The molecule has 1 heterocycles. The van der Waals surface area contributed by atoms with E-state index < -0.39 is 0 Å². The van der Waals surface area contributed by atoms with Crippen molar-refractivity contribution in [1.29, 1.82) is 0 Å². The average Bonchev–Trinajstić information content (AvgIpc) is 3.10. The smallest absolute Gasteiger partial charge is 0.0235 e. The molecule has 1 aliphatic carbocycles. The minimum Gasteiger partial charge on any atom is -0.320 e. The topological polar surface area (TPSA) is 18.5 Å². The molecular weight excluding hydrogens is 198 g/mol. The molecule has 16 heavy (non-hydrogen) atoms. The van der Waals surface area contributed by atoms with Gasteiger partial charge < -0.3 is 5.32 Å². The van der Waals surface area contributed by atoms with E-state index in [-0.39, 0.29) is 0 Å². The molecule has 2 atom stereocenters. The predicted octanol–water partition coefficient (Wildman–Crippen LogP) is 1.15. The molecule has 0 radical (unpaired) electrons. The van der Waals surface area contributed by atoms with Gasteiger partial charge in [-0.2, -0.15) is 0 Å². The van der Waals surface area contributed by atoms with Gasteiger partial charge in [-0.25, -0.2) is 0 Å². The van der Waals surface area contributed by atoms with Crippen molar-refractivity contribution in [3.8, 4) is 0 Å². The van der Waals surface area contributed by atoms with Crippen LogP contribution < -0.4 is 5.32 Å². The maximum Gasteiger partial charge on any atom is 0.0235 e. The van der Waals surface area contributed by atoms with Crippen LogP contribution in [0.5, 0.6) is 0 Å². The summed E-state index contributed by atoms with van der Waals surface area (Å²) in [6.07, 6.45) is 5.50. The Bertz CT molecular complexity index is 215. The number of hydrogen-bond donors (Lipinski definition) is 1. The Morgan fingerprint density at radius 1 is 1.25 bits per heavy atom. The molecule has 3 heteroatoms. The first-order valence-corrected chi connectivity index (χ1v) is 6.83. The SMILES string of the molecule is CNCCC1CN(C2CC2)CCC(C)N1C. The molecule has 1 saturated carbocycles. The van der Waals surface area contributed by atoms with Crippen LogP contribution in [0.2, 0.25) is 0 Å². The monoisotopic (exact) mass is 225 g/mol. The Hall–Kier alpha value is -0.120. The summed E-state index contributed by atoms with van der Waals surface area (Å²) in [5.41, 5.74) is 0. The van der Waals surface area contributed by atoms with Crippen molar-refractivity contribution in [2.45, 2.75) is 50.7 Å². The van der Waals surface area contributed by atoms with Crippen molar-refractivity contribution >= 4 is 0 Å². The van der Waals surface area contributed by atoms with Crippen molar-refractivity contribution in [3.63, 3.8) is 0 Å². The Labute approximate surface area is 100 Å². The third-order valence-corrected chi connectivity index (χ3v) is 4.34. The number of nitrogens with one attached hydrogen (secondary N) is 1. The zero-order valence-corrected chi connectivity index (χ0v) is 11.1. The summed E-state index contributed by atoms with van der Waals surface area (Å²) in [6, 6.07) is 2.41. The summed E-state index contributed by atoms with van der Waals surface area (Å²) in [5.74, 6) is 0. The van der Waals surface area contributed by atoms with Crippen LogP contribution >= 0.6 is 0 Å². The Kier molecular flexibility index (Phi) is 4.22. The third kappa shape index (κ3) is 2.96. The molecule has 0 spiro atoms. The lowest BCUT2D eigenvalue weighted by Gasteiger charge is -2.31. The van der Waals surface area contributed by atoms with E-state index in [2.05, 4.69) is 36.1 Å². The van der Waals surface area contributed by atoms with E-state index in [4.69, 9.17) is 0 Å². The van der Waals surface area contributed by atoms with Crippen molar-refractivity contribution in [1.82, 2.24) is 15.1 Å². The fourth-order valence-electron chi connectivity index (χ4n) is 2.78. The molecule has 0 amide bonds. The van der Waals surface area contributed by atoms with Crippen molar-refractivity contribution < 1.29 is 0 Å². The van der Waals surface area contributed by atoms with Crippen LogP contribution in [0.15, 0.2) is 0 Å². The van der Waals surface area contributed by atoms with Crippen LogP contribution in [-0.4, -0.2) is 61.7 Å². The van der Waals surface area contributed by atoms with Gasteiger partial charge in [0.2, 0.25) is 0 Å². The van der Waals surface area contributed by atoms with Gasteiger partial charge in [-0.3, -0.25) is 9.80 Å². The molecule has 1 aliphatic heterocycles. The number of likely N-dealkylation sites (N-methyl/N-ethyl adjacent to an activating group) is 1. The summed E-state index contributed by atoms with van der Waals surface area (Å²) in [5, 5.41) is 3.29. The van der Waals surface area contributed by atoms with Gasteiger partial charge in [0.1, 0.15) is 0 Å². The maximum atomic E-state index is 3.29. The van der Waals surface area contributed by atoms with E-state index in [1.165, 1.54) is 38.8 Å². The second-order valence-corrected chi connectivity index (χ2v) is 5.58. The van der Waals surface area contributed by atoms with E-state index in [0.717, 1.165) is 24.7 Å². The van der Waals surface area contributed by atoms with E-state index in [0.29, 0.717) is 0 Å². The van der Waals surface area contributed by atoms with Crippen LogP contribution in [0.1, 0.15) is 32.6 Å². The third-order valence-electron chi connectivity index (χ3n) is 4.34. The van der Waals surface area contributed by atoms with E-state index >= 15 is 0 Å². The first-order valence-electron chi connectivity index (χ1n) is 6.83. The van der Waals surface area contributed by atoms with Gasteiger partial charge in [0.05, 0.1) is 0 Å². The molecular formula is C13H27N3. The molecule has 0 aromatic rings. The Morgan fingerprint density at radius 3 is 2.62 bits per heavy atom. The molecule has 1 N–H and O–H groups in total. The molecule has 2 aliphatic rings. The van der Waals surface area contributed by atoms with Crippen molar-refractivity contribution in [2.24, 2.45) is 0 Å².